The fourth-order valence-corrected chi connectivity index (χ4v) is 3.62. The maximum atomic E-state index is 12.7. The molecule has 0 aliphatic heterocycles. The second-order valence-electron chi connectivity index (χ2n) is 5.63. The number of benzene rings is 2. The first kappa shape index (κ1) is 17.5. The molecule has 0 atom stereocenters. The molecule has 2 rings (SSSR count). The Kier molecular flexibility index (Phi) is 5.44. The number of likely N-dealkylation sites (N-methyl/N-ethyl adjacent to an activating group) is 1. The van der Waals surface area contributed by atoms with Crippen molar-refractivity contribution >= 4 is 10.0 Å². The number of hydrogen-bond acceptors (Lipinski definition) is 3. The van der Waals surface area contributed by atoms with Crippen LogP contribution in [0.15, 0.2) is 47.4 Å². The zero-order valence-electron chi connectivity index (χ0n) is 14.0. The van der Waals surface area contributed by atoms with E-state index in [9.17, 15) is 8.42 Å². The first-order valence-electron chi connectivity index (χ1n) is 7.51. The topological polar surface area (TPSA) is 46.6 Å². The summed E-state index contributed by atoms with van der Waals surface area (Å²) in [5.41, 5.74) is 3.06. The number of ether oxygens (including phenoxy) is 1. The number of rotatable bonds is 6. The molecule has 0 aliphatic carbocycles. The summed E-state index contributed by atoms with van der Waals surface area (Å²) in [6.07, 6.45) is 0.602. The largest absolute Gasteiger partial charge is 0.496 e. The number of para-hydroxylation sites is 1. The second-order valence-corrected chi connectivity index (χ2v) is 7.68. The highest BCUT2D eigenvalue weighted by atomic mass is 32.2. The highest BCUT2D eigenvalue weighted by Crippen LogP contribution is 2.21. The van der Waals surface area contributed by atoms with Gasteiger partial charge >= 0.3 is 0 Å². The lowest BCUT2D eigenvalue weighted by Crippen LogP contribution is -2.29. The number of methoxy groups -OCH3 is 1. The number of sulfonamides is 1. The van der Waals surface area contributed by atoms with Gasteiger partial charge in [0.25, 0.3) is 0 Å². The molecule has 4 nitrogen and oxygen atoms in total. The molecular formula is C18H23NO3S. The van der Waals surface area contributed by atoms with E-state index in [2.05, 4.69) is 0 Å². The van der Waals surface area contributed by atoms with E-state index >= 15 is 0 Å². The van der Waals surface area contributed by atoms with Gasteiger partial charge in [-0.05, 0) is 55.2 Å². The van der Waals surface area contributed by atoms with E-state index in [0.717, 1.165) is 22.4 Å². The van der Waals surface area contributed by atoms with Crippen LogP contribution in [0.4, 0.5) is 0 Å². The Morgan fingerprint density at radius 1 is 1.04 bits per heavy atom. The normalized spacial score (nSPS) is 11.7. The SMILES string of the molecule is COc1ccccc1CCN(C)S(=O)(=O)c1ccc(C)c(C)c1. The predicted molar refractivity (Wildman–Crippen MR) is 92.4 cm³/mol. The minimum Gasteiger partial charge on any atom is -0.496 e. The highest BCUT2D eigenvalue weighted by molar-refractivity contribution is 7.89. The van der Waals surface area contributed by atoms with E-state index in [-0.39, 0.29) is 0 Å². The number of nitrogens with zero attached hydrogens (tertiary/aromatic N) is 1. The molecule has 124 valence electrons. The summed E-state index contributed by atoms with van der Waals surface area (Å²) < 4.78 is 32.0. The Bertz CT molecular complexity index is 785. The first-order chi connectivity index (χ1) is 10.9. The van der Waals surface area contributed by atoms with E-state index in [1.807, 2.05) is 44.2 Å². The van der Waals surface area contributed by atoms with Crippen molar-refractivity contribution in [2.24, 2.45) is 0 Å². The Labute approximate surface area is 138 Å². The Morgan fingerprint density at radius 2 is 1.74 bits per heavy atom. The molecule has 0 bridgehead atoms. The lowest BCUT2D eigenvalue weighted by atomic mass is 10.1. The molecule has 0 unspecified atom stereocenters. The van der Waals surface area contributed by atoms with Crippen LogP contribution in [0.2, 0.25) is 0 Å². The van der Waals surface area contributed by atoms with E-state index < -0.39 is 10.0 Å². The molecule has 0 fully saturated rings. The van der Waals surface area contributed by atoms with Crippen LogP contribution < -0.4 is 4.74 Å². The fourth-order valence-electron chi connectivity index (χ4n) is 2.36. The molecule has 0 N–H and O–H groups in total. The van der Waals surface area contributed by atoms with Gasteiger partial charge in [0.2, 0.25) is 10.0 Å². The van der Waals surface area contributed by atoms with Crippen molar-refractivity contribution in [3.05, 3.63) is 59.2 Å². The van der Waals surface area contributed by atoms with Crippen LogP contribution in [-0.4, -0.2) is 33.4 Å². The van der Waals surface area contributed by atoms with Crippen LogP contribution in [0.25, 0.3) is 0 Å². The van der Waals surface area contributed by atoms with Crippen molar-refractivity contribution in [2.45, 2.75) is 25.2 Å². The average Bonchev–Trinajstić information content (AvgIpc) is 2.55. The van der Waals surface area contributed by atoms with Gasteiger partial charge in [-0.1, -0.05) is 24.3 Å². The van der Waals surface area contributed by atoms with Gasteiger partial charge in [-0.3, -0.25) is 0 Å². The van der Waals surface area contributed by atoms with Gasteiger partial charge in [0.1, 0.15) is 5.75 Å². The molecule has 2 aromatic rings. The summed E-state index contributed by atoms with van der Waals surface area (Å²) in [5, 5.41) is 0. The Hall–Kier alpha value is -1.85. The summed E-state index contributed by atoms with van der Waals surface area (Å²) in [5.74, 6) is 0.782. The van der Waals surface area contributed by atoms with Crippen LogP contribution in [0.3, 0.4) is 0 Å². The molecule has 0 aromatic heterocycles. The van der Waals surface area contributed by atoms with E-state index in [1.165, 1.54) is 4.31 Å². The third-order valence-corrected chi connectivity index (χ3v) is 5.93. The van der Waals surface area contributed by atoms with E-state index in [0.29, 0.717) is 17.9 Å². The molecule has 0 saturated heterocycles. The third-order valence-electron chi connectivity index (χ3n) is 4.08. The van der Waals surface area contributed by atoms with Crippen molar-refractivity contribution in [3.63, 3.8) is 0 Å². The minimum absolute atomic E-state index is 0.336. The standard InChI is InChI=1S/C18H23NO3S/c1-14-9-10-17(13-15(14)2)23(20,21)19(3)12-11-16-7-5-6-8-18(16)22-4/h5-10,13H,11-12H2,1-4H3. The monoisotopic (exact) mass is 333 g/mol. The lowest BCUT2D eigenvalue weighted by molar-refractivity contribution is 0.406. The molecule has 23 heavy (non-hydrogen) atoms. The molecule has 2 aromatic carbocycles. The molecule has 0 radical (unpaired) electrons. The van der Waals surface area contributed by atoms with Gasteiger partial charge in [0.05, 0.1) is 12.0 Å². The minimum atomic E-state index is -3.48. The zero-order chi connectivity index (χ0) is 17.0. The maximum absolute atomic E-state index is 12.7. The van der Waals surface area contributed by atoms with Crippen LogP contribution in [0.1, 0.15) is 16.7 Å². The van der Waals surface area contributed by atoms with Crippen molar-refractivity contribution in [1.29, 1.82) is 0 Å². The van der Waals surface area contributed by atoms with Gasteiger partial charge in [-0.15, -0.1) is 0 Å². The summed E-state index contributed by atoms with van der Waals surface area (Å²) in [6, 6.07) is 12.9. The quantitative estimate of drug-likeness (QED) is 0.816. The van der Waals surface area contributed by atoms with Crippen molar-refractivity contribution < 1.29 is 13.2 Å². The molecule has 0 spiro atoms. The van der Waals surface area contributed by atoms with Gasteiger partial charge in [-0.2, -0.15) is 0 Å². The maximum Gasteiger partial charge on any atom is 0.242 e. The summed E-state index contributed by atoms with van der Waals surface area (Å²) in [4.78, 5) is 0.336. The van der Waals surface area contributed by atoms with Crippen LogP contribution in [0, 0.1) is 13.8 Å². The van der Waals surface area contributed by atoms with E-state index in [1.54, 1.807) is 26.3 Å². The van der Waals surface area contributed by atoms with Crippen molar-refractivity contribution in [1.82, 2.24) is 4.31 Å². The van der Waals surface area contributed by atoms with Crippen LogP contribution in [0.5, 0.6) is 5.75 Å². The highest BCUT2D eigenvalue weighted by Gasteiger charge is 2.21. The summed E-state index contributed by atoms with van der Waals surface area (Å²) in [6.45, 7) is 4.29. The smallest absolute Gasteiger partial charge is 0.242 e. The average molecular weight is 333 g/mol. The van der Waals surface area contributed by atoms with Gasteiger partial charge in [-0.25, -0.2) is 12.7 Å². The van der Waals surface area contributed by atoms with Crippen molar-refractivity contribution in [3.8, 4) is 5.75 Å². The summed E-state index contributed by atoms with van der Waals surface area (Å²) >= 11 is 0. The van der Waals surface area contributed by atoms with Gasteiger partial charge in [0, 0.05) is 13.6 Å². The van der Waals surface area contributed by atoms with Crippen molar-refractivity contribution in [2.75, 3.05) is 20.7 Å². The Morgan fingerprint density at radius 3 is 2.39 bits per heavy atom. The third kappa shape index (κ3) is 3.92. The molecule has 0 aliphatic rings. The Balaban J connectivity index is 2.15. The molecule has 0 saturated carbocycles. The number of hydrogen-bond donors (Lipinski definition) is 0. The molecule has 0 heterocycles. The first-order valence-corrected chi connectivity index (χ1v) is 8.95. The van der Waals surface area contributed by atoms with Crippen LogP contribution in [-0.2, 0) is 16.4 Å². The zero-order valence-corrected chi connectivity index (χ0v) is 14.9. The molecule has 0 amide bonds. The molecular weight excluding hydrogens is 310 g/mol. The van der Waals surface area contributed by atoms with Gasteiger partial charge in [0.15, 0.2) is 0 Å². The van der Waals surface area contributed by atoms with E-state index in [4.69, 9.17) is 4.74 Å². The fraction of sp³-hybridized carbons (Fsp3) is 0.333. The predicted octanol–water partition coefficient (Wildman–Crippen LogP) is 3.18. The van der Waals surface area contributed by atoms with Crippen LogP contribution >= 0.6 is 0 Å². The summed E-state index contributed by atoms with van der Waals surface area (Å²) in [7, 11) is -0.245. The lowest BCUT2D eigenvalue weighted by Gasteiger charge is -2.18. The number of aryl methyl sites for hydroxylation is 2. The molecule has 5 heteroatoms. The second kappa shape index (κ2) is 7.15. The van der Waals surface area contributed by atoms with Gasteiger partial charge < -0.3 is 4.74 Å².